The number of esters is 1. The fourth-order valence-corrected chi connectivity index (χ4v) is 3.21. The quantitative estimate of drug-likeness (QED) is 0.476. The van der Waals surface area contributed by atoms with Crippen LogP contribution in [0.1, 0.15) is 75.4 Å². The van der Waals surface area contributed by atoms with Gasteiger partial charge in [0.25, 0.3) is 0 Å². The Morgan fingerprint density at radius 2 is 1.64 bits per heavy atom. The number of carbonyl (C=O) groups is 2. The van der Waals surface area contributed by atoms with Gasteiger partial charge in [0.05, 0.1) is 6.61 Å². The highest BCUT2D eigenvalue weighted by Crippen LogP contribution is 2.45. The molecule has 1 aromatic carbocycles. The number of rotatable bonds is 4. The third kappa shape index (κ3) is 3.23. The van der Waals surface area contributed by atoms with E-state index in [0.717, 1.165) is 12.8 Å². The van der Waals surface area contributed by atoms with Crippen LogP contribution in [0.2, 0.25) is 0 Å². The molecular formula is C19H26O3. The molecule has 0 saturated heterocycles. The molecule has 0 aliphatic heterocycles. The molecule has 120 valence electrons. The van der Waals surface area contributed by atoms with Gasteiger partial charge in [0.1, 0.15) is 6.42 Å². The van der Waals surface area contributed by atoms with Gasteiger partial charge in [0, 0.05) is 5.56 Å². The van der Waals surface area contributed by atoms with Crippen LogP contribution in [0.5, 0.6) is 0 Å². The summed E-state index contributed by atoms with van der Waals surface area (Å²) in [6.45, 7) is 11.0. The van der Waals surface area contributed by atoms with E-state index in [4.69, 9.17) is 4.74 Å². The molecule has 1 aliphatic rings. The van der Waals surface area contributed by atoms with E-state index in [-0.39, 0.29) is 23.0 Å². The van der Waals surface area contributed by atoms with E-state index in [1.807, 2.05) is 12.1 Å². The van der Waals surface area contributed by atoms with Crippen molar-refractivity contribution in [2.75, 3.05) is 6.61 Å². The molecule has 0 spiro atoms. The van der Waals surface area contributed by atoms with Crippen molar-refractivity contribution in [1.29, 1.82) is 0 Å². The van der Waals surface area contributed by atoms with Crippen LogP contribution in [0.25, 0.3) is 0 Å². The maximum absolute atomic E-state index is 12.3. The van der Waals surface area contributed by atoms with Crippen LogP contribution in [-0.4, -0.2) is 18.4 Å². The van der Waals surface area contributed by atoms with Crippen LogP contribution in [0.4, 0.5) is 0 Å². The van der Waals surface area contributed by atoms with Crippen LogP contribution in [0.15, 0.2) is 18.2 Å². The van der Waals surface area contributed by atoms with Crippen LogP contribution in [0, 0.1) is 0 Å². The molecule has 0 atom stereocenters. The Bertz CT molecular complexity index is 597. The summed E-state index contributed by atoms with van der Waals surface area (Å²) in [5.41, 5.74) is 3.35. The van der Waals surface area contributed by atoms with Crippen LogP contribution in [-0.2, 0) is 20.4 Å². The number of hydrogen-bond acceptors (Lipinski definition) is 3. The lowest BCUT2D eigenvalue weighted by Gasteiger charge is -2.42. The molecule has 0 radical (unpaired) electrons. The molecule has 0 aromatic heterocycles. The summed E-state index contributed by atoms with van der Waals surface area (Å²) in [7, 11) is 0. The Morgan fingerprint density at radius 1 is 1.05 bits per heavy atom. The van der Waals surface area contributed by atoms with E-state index >= 15 is 0 Å². The lowest BCUT2D eigenvalue weighted by molar-refractivity contribution is -0.141. The summed E-state index contributed by atoms with van der Waals surface area (Å²) < 4.78 is 4.86. The molecule has 0 heterocycles. The van der Waals surface area contributed by atoms with Gasteiger partial charge in [0.15, 0.2) is 5.78 Å². The van der Waals surface area contributed by atoms with Crippen molar-refractivity contribution in [3.63, 3.8) is 0 Å². The van der Waals surface area contributed by atoms with Gasteiger partial charge >= 0.3 is 5.97 Å². The number of Topliss-reactive ketones (excluding diaryl/α,β-unsaturated/α-hetero) is 1. The molecule has 22 heavy (non-hydrogen) atoms. The molecule has 0 amide bonds. The molecular weight excluding hydrogens is 276 g/mol. The van der Waals surface area contributed by atoms with Crippen LogP contribution in [0.3, 0.4) is 0 Å². The van der Waals surface area contributed by atoms with Crippen molar-refractivity contribution in [2.24, 2.45) is 0 Å². The van der Waals surface area contributed by atoms with E-state index < -0.39 is 5.97 Å². The minimum Gasteiger partial charge on any atom is -0.466 e. The number of fused-ring (bicyclic) bond motifs is 1. The first kappa shape index (κ1) is 16.7. The molecule has 0 bridgehead atoms. The average molecular weight is 302 g/mol. The second-order valence-electron chi connectivity index (χ2n) is 7.43. The minimum absolute atomic E-state index is 0.0606. The van der Waals surface area contributed by atoms with Gasteiger partial charge in [-0.1, -0.05) is 39.8 Å². The second kappa shape index (κ2) is 5.86. The lowest BCUT2D eigenvalue weighted by atomic mass is 9.63. The topological polar surface area (TPSA) is 43.4 Å². The molecule has 3 heteroatoms. The second-order valence-corrected chi connectivity index (χ2v) is 7.43. The lowest BCUT2D eigenvalue weighted by Crippen LogP contribution is -2.34. The van der Waals surface area contributed by atoms with E-state index in [1.54, 1.807) is 6.92 Å². The van der Waals surface area contributed by atoms with Gasteiger partial charge < -0.3 is 4.74 Å². The maximum Gasteiger partial charge on any atom is 0.313 e. The first-order valence-electron chi connectivity index (χ1n) is 8.01. The average Bonchev–Trinajstić information content (AvgIpc) is 2.44. The zero-order chi connectivity index (χ0) is 16.5. The largest absolute Gasteiger partial charge is 0.466 e. The van der Waals surface area contributed by atoms with Gasteiger partial charge in [-0.25, -0.2) is 0 Å². The fourth-order valence-electron chi connectivity index (χ4n) is 3.21. The molecule has 2 rings (SSSR count). The van der Waals surface area contributed by atoms with Gasteiger partial charge in [-0.05, 0) is 47.8 Å². The van der Waals surface area contributed by atoms with E-state index in [2.05, 4.69) is 33.8 Å². The third-order valence-corrected chi connectivity index (χ3v) is 4.79. The summed E-state index contributed by atoms with van der Waals surface area (Å²) in [5, 5.41) is 0. The highest BCUT2D eigenvalue weighted by molar-refractivity contribution is 6.06. The van der Waals surface area contributed by atoms with Crippen molar-refractivity contribution in [3.8, 4) is 0 Å². The Morgan fingerprint density at radius 3 is 2.23 bits per heavy atom. The van der Waals surface area contributed by atoms with Crippen molar-refractivity contribution in [2.45, 2.75) is 64.7 Å². The molecule has 1 aromatic rings. The molecule has 0 saturated carbocycles. The smallest absolute Gasteiger partial charge is 0.313 e. The monoisotopic (exact) mass is 302 g/mol. The molecule has 0 fully saturated rings. The van der Waals surface area contributed by atoms with Gasteiger partial charge in [-0.15, -0.1) is 0 Å². The highest BCUT2D eigenvalue weighted by atomic mass is 16.5. The number of hydrogen-bond donors (Lipinski definition) is 0. The Balaban J connectivity index is 2.34. The van der Waals surface area contributed by atoms with Gasteiger partial charge in [-0.2, -0.15) is 0 Å². The zero-order valence-corrected chi connectivity index (χ0v) is 14.3. The standard InChI is InChI=1S/C19H26O3/c1-6-22-17(21)12-16(20)13-7-8-14-15(11-13)19(4,5)10-9-18(14,2)3/h7-8,11H,6,9-10,12H2,1-5H3. The Kier molecular flexibility index (Phi) is 4.46. The van der Waals surface area contributed by atoms with Crippen molar-refractivity contribution in [1.82, 2.24) is 0 Å². The SMILES string of the molecule is CCOC(=O)CC(=O)c1ccc2c(c1)C(C)(C)CCC2(C)C. The predicted octanol–water partition coefficient (Wildman–Crippen LogP) is 4.17. The van der Waals surface area contributed by atoms with Gasteiger partial charge in [-0.3, -0.25) is 9.59 Å². The number of ketones is 1. The summed E-state index contributed by atoms with van der Waals surface area (Å²) in [4.78, 5) is 23.8. The predicted molar refractivity (Wildman–Crippen MR) is 87.3 cm³/mol. The maximum atomic E-state index is 12.3. The third-order valence-electron chi connectivity index (χ3n) is 4.79. The normalized spacial score (nSPS) is 18.4. The van der Waals surface area contributed by atoms with E-state index in [9.17, 15) is 9.59 Å². The Hall–Kier alpha value is -1.64. The number of carbonyl (C=O) groups excluding carboxylic acids is 2. The fraction of sp³-hybridized carbons (Fsp3) is 0.579. The number of ether oxygens (including phenoxy) is 1. The van der Waals surface area contributed by atoms with Crippen molar-refractivity contribution in [3.05, 3.63) is 34.9 Å². The minimum atomic E-state index is -0.454. The zero-order valence-electron chi connectivity index (χ0n) is 14.3. The van der Waals surface area contributed by atoms with Crippen molar-refractivity contribution >= 4 is 11.8 Å². The van der Waals surface area contributed by atoms with Crippen molar-refractivity contribution < 1.29 is 14.3 Å². The molecule has 1 aliphatic carbocycles. The summed E-state index contributed by atoms with van der Waals surface area (Å²) in [6.07, 6.45) is 2.06. The first-order chi connectivity index (χ1) is 10.2. The molecule has 3 nitrogen and oxygen atoms in total. The van der Waals surface area contributed by atoms with Gasteiger partial charge in [0.2, 0.25) is 0 Å². The summed E-state index contributed by atoms with van der Waals surface area (Å²) in [6, 6.07) is 5.90. The Labute approximate surface area is 133 Å². The number of benzene rings is 1. The first-order valence-corrected chi connectivity index (χ1v) is 8.01. The van der Waals surface area contributed by atoms with Crippen LogP contribution < -0.4 is 0 Å². The van der Waals surface area contributed by atoms with E-state index in [1.165, 1.54) is 11.1 Å². The summed E-state index contributed by atoms with van der Waals surface area (Å²) in [5.74, 6) is -0.620. The van der Waals surface area contributed by atoms with E-state index in [0.29, 0.717) is 12.2 Å². The van der Waals surface area contributed by atoms with Crippen LogP contribution >= 0.6 is 0 Å². The highest BCUT2D eigenvalue weighted by Gasteiger charge is 2.37. The molecule has 0 N–H and O–H groups in total. The molecule has 0 unspecified atom stereocenters. The summed E-state index contributed by atoms with van der Waals surface area (Å²) >= 11 is 0.